The second-order valence-electron chi connectivity index (χ2n) is 2.98. The lowest BCUT2D eigenvalue weighted by Crippen LogP contribution is -1.97. The van der Waals surface area contributed by atoms with E-state index in [0.717, 1.165) is 0 Å². The van der Waals surface area contributed by atoms with Gasteiger partial charge in [-0.1, -0.05) is 11.0 Å². The van der Waals surface area contributed by atoms with Crippen molar-refractivity contribution in [1.82, 2.24) is 4.98 Å². The summed E-state index contributed by atoms with van der Waals surface area (Å²) in [6.45, 7) is 0.210. The molecule has 0 aromatic carbocycles. The monoisotopic (exact) mass is 247 g/mol. The Hall–Kier alpha value is -2.78. The standard InChI is InChI=1S/C10H9N5O3/c1-18-10-6-5-9(15(16)17)8(13-10)4-2-3-7-12-14-11/h5-6H,3,7H2,1H3. The lowest BCUT2D eigenvalue weighted by molar-refractivity contribution is -0.385. The van der Waals surface area contributed by atoms with E-state index in [2.05, 4.69) is 26.9 Å². The lowest BCUT2D eigenvalue weighted by Gasteiger charge is -1.99. The van der Waals surface area contributed by atoms with E-state index in [1.807, 2.05) is 0 Å². The summed E-state index contributed by atoms with van der Waals surface area (Å²) in [4.78, 5) is 16.6. The normalized spacial score (nSPS) is 8.72. The van der Waals surface area contributed by atoms with Crippen LogP contribution in [0.3, 0.4) is 0 Å². The molecule has 0 fully saturated rings. The van der Waals surface area contributed by atoms with Gasteiger partial charge in [0.15, 0.2) is 5.69 Å². The number of nitrogens with zero attached hydrogens (tertiary/aromatic N) is 5. The van der Waals surface area contributed by atoms with E-state index >= 15 is 0 Å². The molecule has 0 aliphatic carbocycles. The number of ether oxygens (including phenoxy) is 1. The zero-order chi connectivity index (χ0) is 13.4. The molecular weight excluding hydrogens is 238 g/mol. The summed E-state index contributed by atoms with van der Waals surface area (Å²) >= 11 is 0. The summed E-state index contributed by atoms with van der Waals surface area (Å²) in [7, 11) is 1.41. The molecule has 0 atom stereocenters. The Morgan fingerprint density at radius 3 is 3.06 bits per heavy atom. The quantitative estimate of drug-likeness (QED) is 0.154. The molecular formula is C10H9N5O3. The van der Waals surface area contributed by atoms with Crippen LogP contribution in [0.1, 0.15) is 12.1 Å². The minimum absolute atomic E-state index is 0.0280. The average Bonchev–Trinajstić information content (AvgIpc) is 2.38. The molecule has 8 nitrogen and oxygen atoms in total. The maximum atomic E-state index is 10.7. The van der Waals surface area contributed by atoms with Crippen molar-refractivity contribution < 1.29 is 9.66 Å². The van der Waals surface area contributed by atoms with Crippen molar-refractivity contribution in [2.45, 2.75) is 6.42 Å². The number of methoxy groups -OCH3 is 1. The molecule has 0 amide bonds. The fourth-order valence-electron chi connectivity index (χ4n) is 1.08. The van der Waals surface area contributed by atoms with Crippen LogP contribution < -0.4 is 4.74 Å². The molecule has 18 heavy (non-hydrogen) atoms. The summed E-state index contributed by atoms with van der Waals surface area (Å²) < 4.78 is 4.87. The molecule has 92 valence electrons. The van der Waals surface area contributed by atoms with Crippen molar-refractivity contribution in [1.29, 1.82) is 0 Å². The van der Waals surface area contributed by atoms with Crippen LogP contribution in [0.4, 0.5) is 5.69 Å². The van der Waals surface area contributed by atoms with Gasteiger partial charge in [-0.15, -0.1) is 0 Å². The molecule has 0 radical (unpaired) electrons. The highest BCUT2D eigenvalue weighted by Crippen LogP contribution is 2.18. The zero-order valence-corrected chi connectivity index (χ0v) is 9.53. The minimum atomic E-state index is -0.566. The Labute approximate surface area is 102 Å². The molecule has 0 aliphatic heterocycles. The van der Waals surface area contributed by atoms with Crippen LogP contribution in [0.25, 0.3) is 10.4 Å². The van der Waals surface area contributed by atoms with Crippen molar-refractivity contribution in [3.8, 4) is 17.7 Å². The summed E-state index contributed by atoms with van der Waals surface area (Å²) in [5.41, 5.74) is 7.90. The molecule has 0 saturated carbocycles. The van der Waals surface area contributed by atoms with E-state index < -0.39 is 4.92 Å². The summed E-state index contributed by atoms with van der Waals surface area (Å²) in [6, 6.07) is 2.67. The first-order valence-electron chi connectivity index (χ1n) is 4.88. The van der Waals surface area contributed by atoms with Gasteiger partial charge in [0.05, 0.1) is 12.0 Å². The molecule has 1 heterocycles. The highest BCUT2D eigenvalue weighted by molar-refractivity contribution is 5.47. The number of pyridine rings is 1. The third-order valence-corrected chi connectivity index (χ3v) is 1.86. The van der Waals surface area contributed by atoms with E-state index in [4.69, 9.17) is 10.3 Å². The van der Waals surface area contributed by atoms with Crippen molar-refractivity contribution >= 4 is 5.69 Å². The summed E-state index contributed by atoms with van der Waals surface area (Å²) in [6.07, 6.45) is 0.306. The van der Waals surface area contributed by atoms with Crippen LogP contribution >= 0.6 is 0 Å². The fourth-order valence-corrected chi connectivity index (χ4v) is 1.08. The van der Waals surface area contributed by atoms with Gasteiger partial charge in [0.2, 0.25) is 5.88 Å². The van der Waals surface area contributed by atoms with Crippen molar-refractivity contribution in [2.24, 2.45) is 5.11 Å². The first-order chi connectivity index (χ1) is 8.69. The molecule has 0 saturated heterocycles. The predicted molar refractivity (Wildman–Crippen MR) is 63.0 cm³/mol. The molecule has 1 aromatic rings. The van der Waals surface area contributed by atoms with E-state index in [1.165, 1.54) is 19.2 Å². The highest BCUT2D eigenvalue weighted by atomic mass is 16.6. The first kappa shape index (κ1) is 13.3. The van der Waals surface area contributed by atoms with Gasteiger partial charge in [-0.05, 0) is 11.5 Å². The molecule has 1 rings (SSSR count). The number of aromatic nitrogens is 1. The Morgan fingerprint density at radius 1 is 1.67 bits per heavy atom. The average molecular weight is 247 g/mol. The van der Waals surface area contributed by atoms with Crippen LogP contribution in [-0.4, -0.2) is 23.6 Å². The van der Waals surface area contributed by atoms with Gasteiger partial charge in [0.25, 0.3) is 0 Å². The van der Waals surface area contributed by atoms with Crippen molar-refractivity contribution in [3.63, 3.8) is 0 Å². The predicted octanol–water partition coefficient (Wildman–Crippen LogP) is 2.05. The maximum Gasteiger partial charge on any atom is 0.303 e. The number of azide groups is 1. The smallest absolute Gasteiger partial charge is 0.303 e. The van der Waals surface area contributed by atoms with Crippen LogP contribution in [0.5, 0.6) is 5.88 Å². The van der Waals surface area contributed by atoms with Gasteiger partial charge in [-0.3, -0.25) is 10.1 Å². The Bertz CT molecular complexity index is 554. The second-order valence-corrected chi connectivity index (χ2v) is 2.98. The van der Waals surface area contributed by atoms with Gasteiger partial charge >= 0.3 is 5.69 Å². The molecule has 0 N–H and O–H groups in total. The summed E-state index contributed by atoms with van der Waals surface area (Å²) in [5, 5.41) is 14.0. The van der Waals surface area contributed by atoms with E-state index in [-0.39, 0.29) is 23.8 Å². The van der Waals surface area contributed by atoms with Gasteiger partial charge in [0, 0.05) is 30.0 Å². The largest absolute Gasteiger partial charge is 0.481 e. The van der Waals surface area contributed by atoms with Gasteiger partial charge in [0.1, 0.15) is 0 Å². The lowest BCUT2D eigenvalue weighted by atomic mass is 10.3. The molecule has 0 bridgehead atoms. The number of rotatable bonds is 4. The van der Waals surface area contributed by atoms with Gasteiger partial charge in [-0.25, -0.2) is 0 Å². The van der Waals surface area contributed by atoms with Crippen LogP contribution in [-0.2, 0) is 0 Å². The summed E-state index contributed by atoms with van der Waals surface area (Å²) in [5.74, 6) is 5.46. The third-order valence-electron chi connectivity index (χ3n) is 1.86. The van der Waals surface area contributed by atoms with E-state index in [1.54, 1.807) is 0 Å². The van der Waals surface area contributed by atoms with E-state index in [0.29, 0.717) is 6.42 Å². The number of nitro groups is 1. The molecule has 0 aliphatic rings. The maximum absolute atomic E-state index is 10.7. The minimum Gasteiger partial charge on any atom is -0.481 e. The Kier molecular flexibility index (Phi) is 4.97. The Balaban J connectivity index is 2.96. The SMILES string of the molecule is COc1ccc([N+](=O)[O-])c(C#CCCN=[N+]=[N-])n1. The zero-order valence-electron chi connectivity index (χ0n) is 9.53. The van der Waals surface area contributed by atoms with Crippen molar-refractivity contribution in [3.05, 3.63) is 38.4 Å². The first-order valence-corrected chi connectivity index (χ1v) is 4.88. The Morgan fingerprint density at radius 2 is 2.44 bits per heavy atom. The van der Waals surface area contributed by atoms with Crippen LogP contribution in [0.15, 0.2) is 17.2 Å². The fraction of sp³-hybridized carbons (Fsp3) is 0.300. The molecule has 0 unspecified atom stereocenters. The molecule has 0 spiro atoms. The second kappa shape index (κ2) is 6.73. The number of hydrogen-bond donors (Lipinski definition) is 0. The van der Waals surface area contributed by atoms with Gasteiger partial charge < -0.3 is 4.74 Å². The molecule has 1 aromatic heterocycles. The van der Waals surface area contributed by atoms with Crippen LogP contribution in [0, 0.1) is 22.0 Å². The third kappa shape index (κ3) is 3.66. The van der Waals surface area contributed by atoms with Gasteiger partial charge in [-0.2, -0.15) is 4.98 Å². The highest BCUT2D eigenvalue weighted by Gasteiger charge is 2.14. The number of hydrogen-bond acceptors (Lipinski definition) is 5. The molecule has 8 heteroatoms. The van der Waals surface area contributed by atoms with E-state index in [9.17, 15) is 10.1 Å². The van der Waals surface area contributed by atoms with Crippen molar-refractivity contribution in [2.75, 3.05) is 13.7 Å². The topological polar surface area (TPSA) is 114 Å². The van der Waals surface area contributed by atoms with Crippen LogP contribution in [0.2, 0.25) is 0 Å².